The van der Waals surface area contributed by atoms with Crippen LogP contribution >= 0.6 is 0 Å². The first-order valence-corrected chi connectivity index (χ1v) is 6.93. The van der Waals surface area contributed by atoms with Gasteiger partial charge in [0.05, 0.1) is 13.2 Å². The minimum Gasteiger partial charge on any atom is -0.481 e. The Bertz CT molecular complexity index is 487. The molecular weight excluding hydrogens is 252 g/mol. The van der Waals surface area contributed by atoms with Crippen molar-refractivity contribution in [3.05, 3.63) is 23.9 Å². The zero-order valence-corrected chi connectivity index (χ0v) is 12.5. The van der Waals surface area contributed by atoms with Crippen LogP contribution in [0.1, 0.15) is 19.4 Å². The van der Waals surface area contributed by atoms with E-state index in [4.69, 9.17) is 4.74 Å². The molecule has 0 spiro atoms. The van der Waals surface area contributed by atoms with E-state index in [1.54, 1.807) is 13.3 Å². The van der Waals surface area contributed by atoms with E-state index in [0.29, 0.717) is 5.88 Å². The van der Waals surface area contributed by atoms with Gasteiger partial charge in [-0.05, 0) is 19.9 Å². The van der Waals surface area contributed by atoms with Crippen LogP contribution in [0, 0.1) is 11.3 Å². The van der Waals surface area contributed by atoms with Gasteiger partial charge in [0.25, 0.3) is 0 Å². The molecule has 5 heteroatoms. The van der Waals surface area contributed by atoms with Gasteiger partial charge >= 0.3 is 0 Å². The molecule has 0 amide bonds. The van der Waals surface area contributed by atoms with E-state index < -0.39 is 0 Å². The Balaban J connectivity index is 1.94. The molecule has 0 unspecified atom stereocenters. The molecular formula is C15H22N4O. The molecule has 0 N–H and O–H groups in total. The highest BCUT2D eigenvalue weighted by Crippen LogP contribution is 2.20. The molecule has 0 bridgehead atoms. The van der Waals surface area contributed by atoms with Gasteiger partial charge in [-0.3, -0.25) is 9.80 Å². The molecule has 1 saturated heterocycles. The van der Waals surface area contributed by atoms with Crippen LogP contribution in [0.25, 0.3) is 0 Å². The van der Waals surface area contributed by atoms with Crippen LogP contribution in [-0.4, -0.2) is 53.6 Å². The second kappa shape index (κ2) is 6.21. The van der Waals surface area contributed by atoms with Crippen LogP contribution in [0.4, 0.5) is 0 Å². The third-order valence-electron chi connectivity index (χ3n) is 3.87. The molecule has 0 radical (unpaired) electrons. The van der Waals surface area contributed by atoms with Gasteiger partial charge in [0.1, 0.15) is 5.54 Å². The predicted octanol–water partition coefficient (Wildman–Crippen LogP) is 1.51. The number of pyridine rings is 1. The minimum absolute atomic E-state index is 0.377. The van der Waals surface area contributed by atoms with Gasteiger partial charge in [0.2, 0.25) is 5.88 Å². The maximum Gasteiger partial charge on any atom is 0.217 e. The molecule has 2 heterocycles. The molecule has 0 atom stereocenters. The summed E-state index contributed by atoms with van der Waals surface area (Å²) in [7, 11) is 1.65. The van der Waals surface area contributed by atoms with Crippen LogP contribution in [0.15, 0.2) is 18.3 Å². The van der Waals surface area contributed by atoms with Crippen molar-refractivity contribution in [1.29, 1.82) is 5.26 Å². The average Bonchev–Trinajstić information content (AvgIpc) is 2.48. The maximum atomic E-state index is 9.19. The van der Waals surface area contributed by atoms with E-state index in [9.17, 15) is 5.26 Å². The summed E-state index contributed by atoms with van der Waals surface area (Å²) < 4.78 is 5.29. The van der Waals surface area contributed by atoms with Gasteiger partial charge in [-0.2, -0.15) is 5.26 Å². The third-order valence-corrected chi connectivity index (χ3v) is 3.87. The Hall–Kier alpha value is -1.64. The van der Waals surface area contributed by atoms with Crippen molar-refractivity contribution >= 4 is 0 Å². The van der Waals surface area contributed by atoms with Crippen molar-refractivity contribution in [3.63, 3.8) is 0 Å². The first kappa shape index (κ1) is 14.8. The topological polar surface area (TPSA) is 52.4 Å². The second-order valence-corrected chi connectivity index (χ2v) is 5.61. The van der Waals surface area contributed by atoms with E-state index in [0.717, 1.165) is 38.3 Å². The zero-order chi connectivity index (χ0) is 14.6. The summed E-state index contributed by atoms with van der Waals surface area (Å²) >= 11 is 0. The van der Waals surface area contributed by atoms with Gasteiger partial charge in [0.15, 0.2) is 0 Å². The lowest BCUT2D eigenvalue weighted by Gasteiger charge is -2.40. The smallest absolute Gasteiger partial charge is 0.217 e. The Morgan fingerprint density at radius 1 is 1.35 bits per heavy atom. The molecule has 1 aliphatic heterocycles. The fourth-order valence-electron chi connectivity index (χ4n) is 2.50. The number of rotatable bonds is 4. The summed E-state index contributed by atoms with van der Waals surface area (Å²) in [4.78, 5) is 8.85. The molecule has 108 valence electrons. The van der Waals surface area contributed by atoms with Gasteiger partial charge < -0.3 is 4.74 Å². The van der Waals surface area contributed by atoms with E-state index in [2.05, 4.69) is 26.9 Å². The highest BCUT2D eigenvalue weighted by molar-refractivity contribution is 5.25. The van der Waals surface area contributed by atoms with E-state index in [1.807, 2.05) is 19.9 Å². The molecule has 20 heavy (non-hydrogen) atoms. The third kappa shape index (κ3) is 3.27. The number of hydrogen-bond donors (Lipinski definition) is 0. The van der Waals surface area contributed by atoms with Gasteiger partial charge in [-0.1, -0.05) is 6.07 Å². The van der Waals surface area contributed by atoms with Crippen LogP contribution in [0.3, 0.4) is 0 Å². The highest BCUT2D eigenvalue weighted by atomic mass is 16.5. The van der Waals surface area contributed by atoms with Crippen molar-refractivity contribution < 1.29 is 4.74 Å². The SMILES string of the molecule is COc1ncccc1CN1CCN(C(C)(C)C#N)CC1. The minimum atomic E-state index is -0.377. The summed E-state index contributed by atoms with van der Waals surface area (Å²) in [5.41, 5.74) is 0.737. The maximum absolute atomic E-state index is 9.19. The molecule has 1 aromatic heterocycles. The van der Waals surface area contributed by atoms with Gasteiger partial charge in [-0.15, -0.1) is 0 Å². The lowest BCUT2D eigenvalue weighted by molar-refractivity contribution is 0.0759. The Kier molecular flexibility index (Phi) is 4.58. The van der Waals surface area contributed by atoms with Crippen LogP contribution in [-0.2, 0) is 6.54 Å². The van der Waals surface area contributed by atoms with Crippen molar-refractivity contribution in [2.75, 3.05) is 33.3 Å². The molecule has 0 saturated carbocycles. The molecule has 1 aliphatic rings. The lowest BCUT2D eigenvalue weighted by atomic mass is 10.0. The fourth-order valence-corrected chi connectivity index (χ4v) is 2.50. The standard InChI is InChI=1S/C15H22N4O/c1-15(2,12-16)19-9-7-18(8-10-19)11-13-5-4-6-17-14(13)20-3/h4-6H,7-11H2,1-3H3. The van der Waals surface area contributed by atoms with E-state index in [-0.39, 0.29) is 5.54 Å². The number of piperazine rings is 1. The summed E-state index contributed by atoms with van der Waals surface area (Å²) in [6, 6.07) is 6.36. The summed E-state index contributed by atoms with van der Waals surface area (Å²) in [6.45, 7) is 8.57. The van der Waals surface area contributed by atoms with Crippen molar-refractivity contribution in [2.45, 2.75) is 25.9 Å². The van der Waals surface area contributed by atoms with Gasteiger partial charge in [-0.25, -0.2) is 4.98 Å². The quantitative estimate of drug-likeness (QED) is 0.833. The van der Waals surface area contributed by atoms with Crippen molar-refractivity contribution in [1.82, 2.24) is 14.8 Å². The molecule has 1 fully saturated rings. The number of ether oxygens (including phenoxy) is 1. The summed E-state index contributed by atoms with van der Waals surface area (Å²) in [5.74, 6) is 0.701. The first-order chi connectivity index (χ1) is 9.56. The summed E-state index contributed by atoms with van der Waals surface area (Å²) in [5, 5.41) is 9.19. The molecule has 5 nitrogen and oxygen atoms in total. The first-order valence-electron chi connectivity index (χ1n) is 6.93. The molecule has 0 aromatic carbocycles. The largest absolute Gasteiger partial charge is 0.481 e. The number of methoxy groups -OCH3 is 1. The predicted molar refractivity (Wildman–Crippen MR) is 77.3 cm³/mol. The summed E-state index contributed by atoms with van der Waals surface area (Å²) in [6.07, 6.45) is 1.75. The monoisotopic (exact) mass is 274 g/mol. The van der Waals surface area contributed by atoms with Crippen molar-refractivity contribution in [2.24, 2.45) is 0 Å². The molecule has 2 rings (SSSR count). The van der Waals surface area contributed by atoms with Gasteiger partial charge in [0, 0.05) is 44.5 Å². The Morgan fingerprint density at radius 3 is 2.65 bits per heavy atom. The number of nitriles is 1. The molecule has 0 aliphatic carbocycles. The zero-order valence-electron chi connectivity index (χ0n) is 12.5. The fraction of sp³-hybridized carbons (Fsp3) is 0.600. The van der Waals surface area contributed by atoms with Crippen LogP contribution in [0.2, 0.25) is 0 Å². The van der Waals surface area contributed by atoms with Crippen LogP contribution < -0.4 is 4.74 Å². The lowest BCUT2D eigenvalue weighted by Crippen LogP contribution is -2.53. The number of aromatic nitrogens is 1. The Labute approximate surface area is 120 Å². The van der Waals surface area contributed by atoms with Crippen LogP contribution in [0.5, 0.6) is 5.88 Å². The Morgan fingerprint density at radius 2 is 2.05 bits per heavy atom. The second-order valence-electron chi connectivity index (χ2n) is 5.61. The number of nitrogens with zero attached hydrogens (tertiary/aromatic N) is 4. The normalized spacial score (nSPS) is 17.7. The highest BCUT2D eigenvalue weighted by Gasteiger charge is 2.29. The number of hydrogen-bond acceptors (Lipinski definition) is 5. The average molecular weight is 274 g/mol. The molecule has 1 aromatic rings. The van der Waals surface area contributed by atoms with E-state index in [1.165, 1.54) is 0 Å². The van der Waals surface area contributed by atoms with Crippen molar-refractivity contribution in [3.8, 4) is 11.9 Å². The van der Waals surface area contributed by atoms with E-state index >= 15 is 0 Å².